The molecule has 0 aliphatic carbocycles. The maximum atomic E-state index is 12.5. The lowest BCUT2D eigenvalue weighted by molar-refractivity contribution is 0.0944. The van der Waals surface area contributed by atoms with E-state index in [-0.39, 0.29) is 5.91 Å². The third-order valence-corrected chi connectivity index (χ3v) is 4.16. The summed E-state index contributed by atoms with van der Waals surface area (Å²) in [5.74, 6) is 0.496. The Bertz CT molecular complexity index is 905. The summed E-state index contributed by atoms with van der Waals surface area (Å²) < 4.78 is 6.92. The minimum atomic E-state index is -0.241. The average molecular weight is 356 g/mol. The van der Waals surface area contributed by atoms with E-state index in [0.29, 0.717) is 17.3 Å². The van der Waals surface area contributed by atoms with E-state index in [9.17, 15) is 4.79 Å². The van der Waals surface area contributed by atoms with E-state index in [0.717, 1.165) is 22.6 Å². The lowest BCUT2D eigenvalue weighted by Crippen LogP contribution is -2.24. The molecule has 0 spiro atoms. The third-order valence-electron chi connectivity index (χ3n) is 3.84. The van der Waals surface area contributed by atoms with Gasteiger partial charge >= 0.3 is 0 Å². The number of para-hydroxylation sites is 2. The van der Waals surface area contributed by atoms with Gasteiger partial charge in [0.2, 0.25) is 0 Å². The number of carbonyl (C=O) groups excluding carboxylic acids is 1. The maximum absolute atomic E-state index is 12.5. The predicted octanol–water partition coefficient (Wildman–Crippen LogP) is 3.77. The van der Waals surface area contributed by atoms with Crippen LogP contribution in [0.2, 0.25) is 5.02 Å². The van der Waals surface area contributed by atoms with E-state index < -0.39 is 0 Å². The number of nitrogens with one attached hydrogen (secondary N) is 1. The van der Waals surface area contributed by atoms with Gasteiger partial charge in [0.15, 0.2) is 5.69 Å². The Morgan fingerprint density at radius 1 is 1.20 bits per heavy atom. The van der Waals surface area contributed by atoms with Crippen LogP contribution in [0.5, 0.6) is 5.75 Å². The van der Waals surface area contributed by atoms with Crippen molar-refractivity contribution in [3.63, 3.8) is 0 Å². The van der Waals surface area contributed by atoms with Gasteiger partial charge < -0.3 is 10.1 Å². The minimum absolute atomic E-state index is 0.241. The summed E-state index contributed by atoms with van der Waals surface area (Å²) in [6, 6.07) is 14.9. The molecule has 0 bridgehead atoms. The van der Waals surface area contributed by atoms with Crippen LogP contribution in [0.1, 0.15) is 21.6 Å². The topological polar surface area (TPSA) is 56.1 Å². The van der Waals surface area contributed by atoms with Crippen LogP contribution in [0.15, 0.2) is 54.7 Å². The summed E-state index contributed by atoms with van der Waals surface area (Å²) in [7, 11) is 1.61. The summed E-state index contributed by atoms with van der Waals surface area (Å²) in [5.41, 5.74) is 2.78. The molecule has 0 aliphatic heterocycles. The van der Waals surface area contributed by atoms with Crippen molar-refractivity contribution in [2.45, 2.75) is 13.5 Å². The van der Waals surface area contributed by atoms with Crippen molar-refractivity contribution in [2.75, 3.05) is 7.11 Å². The molecule has 0 saturated heterocycles. The van der Waals surface area contributed by atoms with Crippen LogP contribution in [0.3, 0.4) is 0 Å². The molecule has 6 heteroatoms. The van der Waals surface area contributed by atoms with Crippen molar-refractivity contribution < 1.29 is 9.53 Å². The first kappa shape index (κ1) is 17.0. The smallest absolute Gasteiger partial charge is 0.272 e. The largest absolute Gasteiger partial charge is 0.496 e. The van der Waals surface area contributed by atoms with E-state index in [2.05, 4.69) is 10.4 Å². The predicted molar refractivity (Wildman–Crippen MR) is 97.5 cm³/mol. The lowest BCUT2D eigenvalue weighted by atomic mass is 10.2. The number of amides is 1. The van der Waals surface area contributed by atoms with Crippen LogP contribution in [0.4, 0.5) is 0 Å². The Labute approximate surface area is 151 Å². The number of hydrogen-bond donors (Lipinski definition) is 1. The molecule has 128 valence electrons. The number of aromatic nitrogens is 2. The Balaban J connectivity index is 1.78. The van der Waals surface area contributed by atoms with Gasteiger partial charge in [0, 0.05) is 23.9 Å². The Morgan fingerprint density at radius 2 is 1.92 bits per heavy atom. The van der Waals surface area contributed by atoms with Gasteiger partial charge in [-0.3, -0.25) is 4.79 Å². The SMILES string of the molecule is COc1ccccc1CNC(=O)c1nn(-c2ccccc2Cl)cc1C. The summed E-state index contributed by atoms with van der Waals surface area (Å²) in [5, 5.41) is 7.84. The van der Waals surface area contributed by atoms with Crippen molar-refractivity contribution >= 4 is 17.5 Å². The molecule has 1 aromatic heterocycles. The molecule has 0 fully saturated rings. The first-order valence-corrected chi connectivity index (χ1v) is 8.19. The van der Waals surface area contributed by atoms with Crippen LogP contribution >= 0.6 is 11.6 Å². The van der Waals surface area contributed by atoms with Crippen LogP contribution < -0.4 is 10.1 Å². The van der Waals surface area contributed by atoms with Crippen molar-refractivity contribution in [3.05, 3.63) is 76.6 Å². The van der Waals surface area contributed by atoms with Crippen molar-refractivity contribution in [1.82, 2.24) is 15.1 Å². The number of rotatable bonds is 5. The van der Waals surface area contributed by atoms with Gasteiger partial charge in [-0.15, -0.1) is 0 Å². The Hall–Kier alpha value is -2.79. The Kier molecular flexibility index (Phi) is 5.05. The number of carbonyl (C=O) groups is 1. The van der Waals surface area contributed by atoms with Gasteiger partial charge in [-0.05, 0) is 25.1 Å². The van der Waals surface area contributed by atoms with Gasteiger partial charge in [0.05, 0.1) is 17.8 Å². The molecule has 0 radical (unpaired) electrons. The molecule has 0 saturated carbocycles. The molecular formula is C19H18ClN3O2. The quantitative estimate of drug-likeness (QED) is 0.758. The first-order chi connectivity index (χ1) is 12.1. The normalized spacial score (nSPS) is 10.5. The van der Waals surface area contributed by atoms with Gasteiger partial charge in [0.25, 0.3) is 5.91 Å². The highest BCUT2D eigenvalue weighted by molar-refractivity contribution is 6.32. The van der Waals surface area contributed by atoms with E-state index in [1.165, 1.54) is 0 Å². The molecule has 1 heterocycles. The molecular weight excluding hydrogens is 338 g/mol. The molecule has 3 rings (SSSR count). The first-order valence-electron chi connectivity index (χ1n) is 7.81. The number of nitrogens with zero attached hydrogens (tertiary/aromatic N) is 2. The monoisotopic (exact) mass is 355 g/mol. The van der Waals surface area contributed by atoms with Crippen molar-refractivity contribution in [3.8, 4) is 11.4 Å². The molecule has 2 aromatic carbocycles. The molecule has 0 unspecified atom stereocenters. The molecule has 5 nitrogen and oxygen atoms in total. The summed E-state index contributed by atoms with van der Waals surface area (Å²) in [4.78, 5) is 12.5. The third kappa shape index (κ3) is 3.67. The zero-order valence-corrected chi connectivity index (χ0v) is 14.7. The Morgan fingerprint density at radius 3 is 2.68 bits per heavy atom. The molecule has 25 heavy (non-hydrogen) atoms. The number of methoxy groups -OCH3 is 1. The molecule has 1 amide bonds. The molecule has 3 aromatic rings. The maximum Gasteiger partial charge on any atom is 0.272 e. The average Bonchev–Trinajstić information content (AvgIpc) is 3.02. The van der Waals surface area contributed by atoms with Crippen LogP contribution in [-0.4, -0.2) is 22.8 Å². The fourth-order valence-corrected chi connectivity index (χ4v) is 2.78. The van der Waals surface area contributed by atoms with Gasteiger partial charge in [-0.1, -0.05) is 41.9 Å². The van der Waals surface area contributed by atoms with E-state index >= 15 is 0 Å². The number of hydrogen-bond acceptors (Lipinski definition) is 3. The lowest BCUT2D eigenvalue weighted by Gasteiger charge is -2.09. The van der Waals surface area contributed by atoms with E-state index in [4.69, 9.17) is 16.3 Å². The van der Waals surface area contributed by atoms with Gasteiger partial charge in [0.1, 0.15) is 5.75 Å². The van der Waals surface area contributed by atoms with Gasteiger partial charge in [-0.25, -0.2) is 4.68 Å². The zero-order chi connectivity index (χ0) is 17.8. The zero-order valence-electron chi connectivity index (χ0n) is 14.0. The highest BCUT2D eigenvalue weighted by atomic mass is 35.5. The standard InChI is InChI=1S/C19H18ClN3O2/c1-13-12-23(16-9-5-4-8-15(16)20)22-18(13)19(24)21-11-14-7-3-6-10-17(14)25-2/h3-10,12H,11H2,1-2H3,(H,21,24). The number of aryl methyl sites for hydroxylation is 1. The summed E-state index contributed by atoms with van der Waals surface area (Å²) in [6.45, 7) is 2.21. The summed E-state index contributed by atoms with van der Waals surface area (Å²) >= 11 is 6.20. The van der Waals surface area contributed by atoms with Gasteiger partial charge in [-0.2, -0.15) is 5.10 Å². The number of benzene rings is 2. The second-order valence-electron chi connectivity index (χ2n) is 5.55. The minimum Gasteiger partial charge on any atom is -0.496 e. The van der Waals surface area contributed by atoms with Crippen LogP contribution in [-0.2, 0) is 6.54 Å². The molecule has 0 atom stereocenters. The molecule has 1 N–H and O–H groups in total. The fourth-order valence-electron chi connectivity index (χ4n) is 2.55. The van der Waals surface area contributed by atoms with Crippen molar-refractivity contribution in [2.24, 2.45) is 0 Å². The fraction of sp³-hybridized carbons (Fsp3) is 0.158. The number of ether oxygens (including phenoxy) is 1. The highest BCUT2D eigenvalue weighted by Gasteiger charge is 2.16. The van der Waals surface area contributed by atoms with E-state index in [1.807, 2.05) is 49.4 Å². The summed E-state index contributed by atoms with van der Waals surface area (Å²) in [6.07, 6.45) is 1.79. The second-order valence-corrected chi connectivity index (χ2v) is 5.96. The number of halogens is 1. The van der Waals surface area contributed by atoms with Crippen molar-refractivity contribution in [1.29, 1.82) is 0 Å². The van der Waals surface area contributed by atoms with Crippen LogP contribution in [0.25, 0.3) is 5.69 Å². The van der Waals surface area contributed by atoms with Crippen LogP contribution in [0, 0.1) is 6.92 Å². The van der Waals surface area contributed by atoms with E-state index in [1.54, 1.807) is 24.1 Å². The highest BCUT2D eigenvalue weighted by Crippen LogP contribution is 2.21. The second kappa shape index (κ2) is 7.40. The molecule has 0 aliphatic rings.